The monoisotopic (exact) mass is 281 g/mol. The summed E-state index contributed by atoms with van der Waals surface area (Å²) in [5.74, 6) is 2.07. The standard InChI is InChI=1S/C12H12BrNO2/c1-3-8-14-11(12(15)16-2)9-6-4-5-7-10(9)13/h1,4-7,11,14H,8H2,2H3. The zero-order valence-corrected chi connectivity index (χ0v) is 10.5. The lowest BCUT2D eigenvalue weighted by molar-refractivity contribution is -0.143. The highest BCUT2D eigenvalue weighted by Crippen LogP contribution is 2.23. The third kappa shape index (κ3) is 3.09. The first kappa shape index (κ1) is 12.8. The Morgan fingerprint density at radius 1 is 1.62 bits per heavy atom. The quantitative estimate of drug-likeness (QED) is 0.677. The van der Waals surface area contributed by atoms with Gasteiger partial charge in [-0.3, -0.25) is 5.32 Å². The fraction of sp³-hybridized carbons (Fsp3) is 0.250. The van der Waals surface area contributed by atoms with Gasteiger partial charge in [-0.2, -0.15) is 0 Å². The van der Waals surface area contributed by atoms with E-state index in [0.29, 0.717) is 6.54 Å². The molecule has 3 nitrogen and oxygen atoms in total. The van der Waals surface area contributed by atoms with Crippen LogP contribution in [0.2, 0.25) is 0 Å². The van der Waals surface area contributed by atoms with Crippen molar-refractivity contribution in [3.8, 4) is 12.3 Å². The molecule has 0 bridgehead atoms. The molecule has 1 aromatic rings. The Bertz CT molecular complexity index is 412. The predicted molar refractivity (Wildman–Crippen MR) is 65.7 cm³/mol. The molecule has 16 heavy (non-hydrogen) atoms. The van der Waals surface area contributed by atoms with Gasteiger partial charge in [-0.15, -0.1) is 6.42 Å². The van der Waals surface area contributed by atoms with Gasteiger partial charge in [0.15, 0.2) is 0 Å². The Labute approximate surface area is 103 Å². The molecule has 0 aliphatic carbocycles. The summed E-state index contributed by atoms with van der Waals surface area (Å²) in [6.07, 6.45) is 5.16. The van der Waals surface area contributed by atoms with Crippen molar-refractivity contribution in [1.29, 1.82) is 0 Å². The second kappa shape index (κ2) is 6.31. The average molecular weight is 282 g/mol. The summed E-state index contributed by atoms with van der Waals surface area (Å²) in [7, 11) is 1.35. The maximum Gasteiger partial charge on any atom is 0.327 e. The van der Waals surface area contributed by atoms with Crippen molar-refractivity contribution in [3.05, 3.63) is 34.3 Å². The van der Waals surface area contributed by atoms with Crippen LogP contribution >= 0.6 is 15.9 Å². The van der Waals surface area contributed by atoms with Crippen molar-refractivity contribution in [2.75, 3.05) is 13.7 Å². The van der Waals surface area contributed by atoms with Crippen molar-refractivity contribution >= 4 is 21.9 Å². The molecule has 4 heteroatoms. The SMILES string of the molecule is C#CCNC(C(=O)OC)c1ccccc1Br. The van der Waals surface area contributed by atoms with Gasteiger partial charge < -0.3 is 4.74 Å². The van der Waals surface area contributed by atoms with Crippen LogP contribution in [0.15, 0.2) is 28.7 Å². The maximum absolute atomic E-state index is 11.6. The number of nitrogens with one attached hydrogen (secondary N) is 1. The number of methoxy groups -OCH3 is 1. The van der Waals surface area contributed by atoms with Crippen LogP contribution in [0.25, 0.3) is 0 Å². The lowest BCUT2D eigenvalue weighted by Gasteiger charge is -2.16. The Kier molecular flexibility index (Phi) is 5.03. The van der Waals surface area contributed by atoms with Crippen LogP contribution in [-0.2, 0) is 9.53 Å². The number of esters is 1. The Hall–Kier alpha value is -1.31. The molecule has 0 saturated carbocycles. The number of halogens is 1. The van der Waals surface area contributed by atoms with E-state index in [1.54, 1.807) is 0 Å². The fourth-order valence-electron chi connectivity index (χ4n) is 1.31. The van der Waals surface area contributed by atoms with Gasteiger partial charge in [0.25, 0.3) is 0 Å². The Morgan fingerprint density at radius 3 is 2.88 bits per heavy atom. The Balaban J connectivity index is 2.97. The first-order chi connectivity index (χ1) is 7.70. The molecular weight excluding hydrogens is 270 g/mol. The molecule has 0 amide bonds. The van der Waals surface area contributed by atoms with Gasteiger partial charge in [0.1, 0.15) is 6.04 Å². The van der Waals surface area contributed by atoms with Gasteiger partial charge >= 0.3 is 5.97 Å². The van der Waals surface area contributed by atoms with Crippen molar-refractivity contribution < 1.29 is 9.53 Å². The van der Waals surface area contributed by atoms with Crippen LogP contribution in [0.5, 0.6) is 0 Å². The molecule has 0 fully saturated rings. The highest BCUT2D eigenvalue weighted by molar-refractivity contribution is 9.10. The molecule has 0 heterocycles. The second-order valence-corrected chi connectivity index (χ2v) is 3.92. The van der Waals surface area contributed by atoms with Gasteiger partial charge in [0.05, 0.1) is 13.7 Å². The summed E-state index contributed by atoms with van der Waals surface area (Å²) in [6, 6.07) is 6.89. The smallest absolute Gasteiger partial charge is 0.327 e. The topological polar surface area (TPSA) is 38.3 Å². The summed E-state index contributed by atoms with van der Waals surface area (Å²) in [6.45, 7) is 0.307. The number of carbonyl (C=O) groups excluding carboxylic acids is 1. The van der Waals surface area contributed by atoms with Crippen molar-refractivity contribution in [3.63, 3.8) is 0 Å². The van der Waals surface area contributed by atoms with Crippen LogP contribution < -0.4 is 5.32 Å². The van der Waals surface area contributed by atoms with Crippen molar-refractivity contribution in [2.24, 2.45) is 0 Å². The minimum Gasteiger partial charge on any atom is -0.468 e. The lowest BCUT2D eigenvalue weighted by Crippen LogP contribution is -2.30. The number of rotatable bonds is 4. The summed E-state index contributed by atoms with van der Waals surface area (Å²) in [4.78, 5) is 11.6. The van der Waals surface area contributed by atoms with E-state index in [1.807, 2.05) is 24.3 Å². The van der Waals surface area contributed by atoms with Gasteiger partial charge in [0, 0.05) is 4.47 Å². The summed E-state index contributed by atoms with van der Waals surface area (Å²) in [5.41, 5.74) is 0.810. The third-order valence-corrected chi connectivity index (χ3v) is 2.78. The molecule has 1 aromatic carbocycles. The molecule has 0 radical (unpaired) electrons. The number of carbonyl (C=O) groups is 1. The average Bonchev–Trinajstić information content (AvgIpc) is 2.31. The molecule has 0 spiro atoms. The molecular formula is C12H12BrNO2. The van der Waals surface area contributed by atoms with Crippen LogP contribution in [-0.4, -0.2) is 19.6 Å². The summed E-state index contributed by atoms with van der Waals surface area (Å²) < 4.78 is 5.57. The van der Waals surface area contributed by atoms with Crippen molar-refractivity contribution in [1.82, 2.24) is 5.32 Å². The number of hydrogen-bond acceptors (Lipinski definition) is 3. The van der Waals surface area contributed by atoms with E-state index >= 15 is 0 Å². The number of benzene rings is 1. The number of terminal acetylenes is 1. The molecule has 1 rings (SSSR count). The van der Waals surface area contributed by atoms with Crippen LogP contribution in [0, 0.1) is 12.3 Å². The van der Waals surface area contributed by atoms with E-state index in [9.17, 15) is 4.79 Å². The third-order valence-electron chi connectivity index (χ3n) is 2.06. The molecule has 0 aliphatic rings. The number of ether oxygens (including phenoxy) is 1. The van der Waals surface area contributed by atoms with Gasteiger partial charge in [-0.1, -0.05) is 40.0 Å². The van der Waals surface area contributed by atoms with E-state index in [-0.39, 0.29) is 5.97 Å². The minimum atomic E-state index is -0.545. The van der Waals surface area contributed by atoms with Crippen LogP contribution in [0.4, 0.5) is 0 Å². The van der Waals surface area contributed by atoms with Gasteiger partial charge in [-0.25, -0.2) is 4.79 Å². The van der Waals surface area contributed by atoms with Crippen LogP contribution in [0.1, 0.15) is 11.6 Å². The highest BCUT2D eigenvalue weighted by atomic mass is 79.9. The lowest BCUT2D eigenvalue weighted by atomic mass is 10.1. The summed E-state index contributed by atoms with van der Waals surface area (Å²) >= 11 is 3.39. The van der Waals surface area contributed by atoms with E-state index in [4.69, 9.17) is 11.2 Å². The molecule has 0 saturated heterocycles. The fourth-order valence-corrected chi connectivity index (χ4v) is 1.82. The van der Waals surface area contributed by atoms with Crippen LogP contribution in [0.3, 0.4) is 0 Å². The minimum absolute atomic E-state index is 0.307. The first-order valence-corrected chi connectivity index (χ1v) is 5.49. The van der Waals surface area contributed by atoms with Gasteiger partial charge in [0.2, 0.25) is 0 Å². The van der Waals surface area contributed by atoms with E-state index in [0.717, 1.165) is 10.0 Å². The zero-order valence-electron chi connectivity index (χ0n) is 8.87. The predicted octanol–water partition coefficient (Wildman–Crippen LogP) is 1.89. The normalized spacial score (nSPS) is 11.6. The van der Waals surface area contributed by atoms with E-state index in [2.05, 4.69) is 27.2 Å². The molecule has 0 aliphatic heterocycles. The molecule has 84 valence electrons. The van der Waals surface area contributed by atoms with Crippen molar-refractivity contribution in [2.45, 2.75) is 6.04 Å². The van der Waals surface area contributed by atoms with Gasteiger partial charge in [-0.05, 0) is 11.6 Å². The maximum atomic E-state index is 11.6. The second-order valence-electron chi connectivity index (χ2n) is 3.06. The zero-order chi connectivity index (χ0) is 12.0. The first-order valence-electron chi connectivity index (χ1n) is 4.69. The molecule has 1 unspecified atom stereocenters. The molecule has 0 aromatic heterocycles. The molecule has 1 atom stereocenters. The number of hydrogen-bond donors (Lipinski definition) is 1. The molecule has 1 N–H and O–H groups in total. The largest absolute Gasteiger partial charge is 0.468 e. The van der Waals surface area contributed by atoms with E-state index in [1.165, 1.54) is 7.11 Å². The highest BCUT2D eigenvalue weighted by Gasteiger charge is 2.22. The van der Waals surface area contributed by atoms with E-state index < -0.39 is 6.04 Å². The summed E-state index contributed by atoms with van der Waals surface area (Å²) in [5, 5.41) is 2.94. The Morgan fingerprint density at radius 2 is 2.31 bits per heavy atom.